The molecule has 0 amide bonds. The number of nitrogens with zero attached hydrogens (tertiary/aromatic N) is 2. The molecule has 5 heteroatoms. The second-order valence-corrected chi connectivity index (χ2v) is 4.84. The summed E-state index contributed by atoms with van der Waals surface area (Å²) in [4.78, 5) is 8.31. The summed E-state index contributed by atoms with van der Waals surface area (Å²) in [5.74, 6) is 1.90. The van der Waals surface area contributed by atoms with Gasteiger partial charge in [-0.3, -0.25) is 0 Å². The minimum absolute atomic E-state index is 0.509. The van der Waals surface area contributed by atoms with Crippen LogP contribution in [0.2, 0.25) is 5.02 Å². The lowest BCUT2D eigenvalue weighted by Crippen LogP contribution is -1.94. The predicted octanol–water partition coefficient (Wildman–Crippen LogP) is 4.30. The third kappa shape index (κ3) is 3.17. The average Bonchev–Trinajstić information content (AvgIpc) is 2.21. The van der Waals surface area contributed by atoms with Crippen LogP contribution in [0.1, 0.15) is 11.4 Å². The van der Waals surface area contributed by atoms with Crippen molar-refractivity contribution in [1.29, 1.82) is 0 Å². The quantitative estimate of drug-likeness (QED) is 0.775. The summed E-state index contributed by atoms with van der Waals surface area (Å²) in [5.41, 5.74) is 0.963. The summed E-state index contributed by atoms with van der Waals surface area (Å²) in [6.45, 7) is 3.75. The third-order valence-corrected chi connectivity index (χ3v) is 2.78. The molecule has 88 valence electrons. The Morgan fingerprint density at radius 1 is 1.18 bits per heavy atom. The maximum absolute atomic E-state index is 5.88. The van der Waals surface area contributed by atoms with E-state index in [1.165, 1.54) is 0 Å². The van der Waals surface area contributed by atoms with Crippen molar-refractivity contribution >= 4 is 27.5 Å². The molecule has 0 spiro atoms. The van der Waals surface area contributed by atoms with E-state index in [9.17, 15) is 0 Å². The highest BCUT2D eigenvalue weighted by Gasteiger charge is 2.05. The van der Waals surface area contributed by atoms with Gasteiger partial charge in [-0.15, -0.1) is 0 Å². The van der Waals surface area contributed by atoms with Crippen LogP contribution < -0.4 is 4.74 Å². The molecule has 3 nitrogen and oxygen atoms in total. The van der Waals surface area contributed by atoms with Crippen molar-refractivity contribution in [2.75, 3.05) is 0 Å². The van der Waals surface area contributed by atoms with E-state index in [0.29, 0.717) is 21.3 Å². The second kappa shape index (κ2) is 5.02. The Balaban J connectivity index is 2.31. The highest BCUT2D eigenvalue weighted by molar-refractivity contribution is 9.10. The molecule has 0 aliphatic heterocycles. The molecule has 0 atom stereocenters. The van der Waals surface area contributed by atoms with Crippen molar-refractivity contribution < 1.29 is 4.74 Å². The van der Waals surface area contributed by atoms with Crippen LogP contribution in [0.25, 0.3) is 0 Å². The van der Waals surface area contributed by atoms with Crippen LogP contribution in [0.15, 0.2) is 28.9 Å². The predicted molar refractivity (Wildman–Crippen MR) is 70.7 cm³/mol. The number of benzene rings is 1. The molecule has 0 unspecified atom stereocenters. The Morgan fingerprint density at radius 2 is 1.94 bits per heavy atom. The van der Waals surface area contributed by atoms with Crippen molar-refractivity contribution in [2.45, 2.75) is 13.8 Å². The first kappa shape index (κ1) is 12.3. The topological polar surface area (TPSA) is 35.0 Å². The van der Waals surface area contributed by atoms with Gasteiger partial charge in [-0.25, -0.2) is 4.98 Å². The van der Waals surface area contributed by atoms with Crippen LogP contribution in [0, 0.1) is 13.8 Å². The Labute approximate surface area is 113 Å². The average molecular weight is 314 g/mol. The van der Waals surface area contributed by atoms with Gasteiger partial charge in [0.1, 0.15) is 16.2 Å². The van der Waals surface area contributed by atoms with Gasteiger partial charge in [0.15, 0.2) is 0 Å². The van der Waals surface area contributed by atoms with E-state index in [-0.39, 0.29) is 0 Å². The monoisotopic (exact) mass is 312 g/mol. The highest BCUT2D eigenvalue weighted by atomic mass is 79.9. The first-order valence-corrected chi connectivity index (χ1v) is 6.17. The molecule has 1 heterocycles. The molecule has 0 radical (unpaired) electrons. The molecule has 0 aliphatic rings. The maximum Gasteiger partial charge on any atom is 0.223 e. The van der Waals surface area contributed by atoms with E-state index in [2.05, 4.69) is 25.9 Å². The van der Waals surface area contributed by atoms with Crippen LogP contribution in [-0.4, -0.2) is 9.97 Å². The first-order valence-electron chi connectivity index (χ1n) is 5.00. The second-order valence-electron chi connectivity index (χ2n) is 3.59. The van der Waals surface area contributed by atoms with Crippen molar-refractivity contribution in [1.82, 2.24) is 9.97 Å². The van der Waals surface area contributed by atoms with E-state index < -0.39 is 0 Å². The highest BCUT2D eigenvalue weighted by Crippen LogP contribution is 2.27. The van der Waals surface area contributed by atoms with Gasteiger partial charge in [-0.2, -0.15) is 4.98 Å². The van der Waals surface area contributed by atoms with Gasteiger partial charge < -0.3 is 4.74 Å². The van der Waals surface area contributed by atoms with Crippen molar-refractivity contribution in [3.63, 3.8) is 0 Å². The molecular formula is C12H10BrClN2O. The first-order chi connectivity index (χ1) is 8.04. The van der Waals surface area contributed by atoms with Crippen LogP contribution in [0.5, 0.6) is 11.6 Å². The summed E-state index contributed by atoms with van der Waals surface area (Å²) < 4.78 is 6.39. The standard InChI is InChI=1S/C12H10BrClN2O/c1-7-5-9(14)3-4-10(7)17-12-6-11(13)15-8(2)16-12/h3-6H,1-2H3. The van der Waals surface area contributed by atoms with E-state index in [1.54, 1.807) is 12.1 Å². The van der Waals surface area contributed by atoms with Gasteiger partial charge in [0.2, 0.25) is 5.88 Å². The molecule has 0 N–H and O–H groups in total. The molecule has 0 fully saturated rings. The van der Waals surface area contributed by atoms with Crippen LogP contribution >= 0.6 is 27.5 Å². The molecule has 0 saturated carbocycles. The zero-order valence-electron chi connectivity index (χ0n) is 9.37. The SMILES string of the molecule is Cc1nc(Br)cc(Oc2ccc(Cl)cc2C)n1. The zero-order valence-corrected chi connectivity index (χ0v) is 11.7. The minimum Gasteiger partial charge on any atom is -0.439 e. The number of aryl methyl sites for hydroxylation is 2. The molecule has 17 heavy (non-hydrogen) atoms. The number of hydrogen-bond acceptors (Lipinski definition) is 3. The molecule has 0 aliphatic carbocycles. The van der Waals surface area contributed by atoms with Crippen LogP contribution in [-0.2, 0) is 0 Å². The van der Waals surface area contributed by atoms with Gasteiger partial charge in [0.25, 0.3) is 0 Å². The molecule has 1 aromatic heterocycles. The molecule has 1 aromatic carbocycles. The van der Waals surface area contributed by atoms with Crippen LogP contribution in [0.3, 0.4) is 0 Å². The lowest BCUT2D eigenvalue weighted by atomic mass is 10.2. The summed E-state index contributed by atoms with van der Waals surface area (Å²) in [6, 6.07) is 7.18. The third-order valence-electron chi connectivity index (χ3n) is 2.13. The van der Waals surface area contributed by atoms with Crippen LogP contribution in [0.4, 0.5) is 0 Å². The molecule has 0 bridgehead atoms. The lowest BCUT2D eigenvalue weighted by Gasteiger charge is -2.08. The fourth-order valence-corrected chi connectivity index (χ4v) is 2.08. The fraction of sp³-hybridized carbons (Fsp3) is 0.167. The van der Waals surface area contributed by atoms with Gasteiger partial charge in [0, 0.05) is 11.1 Å². The summed E-state index contributed by atoms with van der Waals surface area (Å²) in [6.07, 6.45) is 0. The molecule has 2 aromatic rings. The van der Waals surface area contributed by atoms with Gasteiger partial charge in [0.05, 0.1) is 0 Å². The zero-order chi connectivity index (χ0) is 12.4. The molecule has 0 saturated heterocycles. The molecule has 2 rings (SSSR count). The van der Waals surface area contributed by atoms with E-state index >= 15 is 0 Å². The maximum atomic E-state index is 5.88. The fourth-order valence-electron chi connectivity index (χ4n) is 1.40. The molecular weight excluding hydrogens is 304 g/mol. The summed E-state index contributed by atoms with van der Waals surface area (Å²) >= 11 is 9.19. The van der Waals surface area contributed by atoms with Crippen molar-refractivity contribution in [2.24, 2.45) is 0 Å². The summed E-state index contributed by atoms with van der Waals surface area (Å²) in [7, 11) is 0. The Hall–Kier alpha value is -1.13. The summed E-state index contributed by atoms with van der Waals surface area (Å²) in [5, 5.41) is 0.690. The number of rotatable bonds is 2. The van der Waals surface area contributed by atoms with Gasteiger partial charge >= 0.3 is 0 Å². The van der Waals surface area contributed by atoms with E-state index in [1.807, 2.05) is 26.0 Å². The number of ether oxygens (including phenoxy) is 1. The van der Waals surface area contributed by atoms with Crippen molar-refractivity contribution in [3.8, 4) is 11.6 Å². The van der Waals surface area contributed by atoms with Gasteiger partial charge in [-0.1, -0.05) is 11.6 Å². The number of aromatic nitrogens is 2. The normalized spacial score (nSPS) is 10.4. The smallest absolute Gasteiger partial charge is 0.223 e. The number of hydrogen-bond donors (Lipinski definition) is 0. The Bertz CT molecular complexity index is 540. The lowest BCUT2D eigenvalue weighted by molar-refractivity contribution is 0.455. The number of halogens is 2. The minimum atomic E-state index is 0.509. The van der Waals surface area contributed by atoms with E-state index in [4.69, 9.17) is 16.3 Å². The van der Waals surface area contributed by atoms with E-state index in [0.717, 1.165) is 11.3 Å². The van der Waals surface area contributed by atoms with Gasteiger partial charge in [-0.05, 0) is 53.5 Å². The largest absolute Gasteiger partial charge is 0.439 e. The Kier molecular flexibility index (Phi) is 3.64. The Morgan fingerprint density at radius 3 is 2.59 bits per heavy atom. The van der Waals surface area contributed by atoms with Crippen molar-refractivity contribution in [3.05, 3.63) is 45.3 Å².